The van der Waals surface area contributed by atoms with E-state index in [4.69, 9.17) is 4.74 Å². The van der Waals surface area contributed by atoms with E-state index in [1.165, 1.54) is 19.3 Å². The molecule has 5 nitrogen and oxygen atoms in total. The first-order valence-corrected chi connectivity index (χ1v) is 8.09. The van der Waals surface area contributed by atoms with E-state index in [0.29, 0.717) is 12.3 Å². The van der Waals surface area contributed by atoms with Crippen LogP contribution in [0, 0.1) is 0 Å². The van der Waals surface area contributed by atoms with Crippen molar-refractivity contribution < 1.29 is 9.84 Å². The number of benzene rings is 1. The van der Waals surface area contributed by atoms with Gasteiger partial charge in [-0.15, -0.1) is 24.0 Å². The number of hydrogen-bond acceptors (Lipinski definition) is 3. The van der Waals surface area contributed by atoms with Gasteiger partial charge in [0.25, 0.3) is 0 Å². The van der Waals surface area contributed by atoms with Crippen LogP contribution in [0.4, 0.5) is 0 Å². The Morgan fingerprint density at radius 1 is 1.17 bits per heavy atom. The predicted molar refractivity (Wildman–Crippen MR) is 107 cm³/mol. The zero-order valence-electron chi connectivity index (χ0n) is 14.4. The summed E-state index contributed by atoms with van der Waals surface area (Å²) in [4.78, 5) is 4.54. The average Bonchev–Trinajstić information content (AvgIpc) is 2.52. The Balaban J connectivity index is 0.00000484. The number of phenols is 1. The van der Waals surface area contributed by atoms with Gasteiger partial charge in [0, 0.05) is 13.1 Å². The molecule has 1 aromatic carbocycles. The van der Waals surface area contributed by atoms with E-state index in [2.05, 4.69) is 22.5 Å². The predicted octanol–water partition coefficient (Wildman–Crippen LogP) is 3.65. The van der Waals surface area contributed by atoms with Crippen LogP contribution in [0.15, 0.2) is 23.2 Å². The van der Waals surface area contributed by atoms with E-state index in [1.807, 2.05) is 13.0 Å². The van der Waals surface area contributed by atoms with Crippen LogP contribution in [0.2, 0.25) is 0 Å². The van der Waals surface area contributed by atoms with Gasteiger partial charge >= 0.3 is 0 Å². The SMILES string of the molecule is CCCCCCNC(=NCc1ccc(OC)c(O)c1)NCC.I. The molecule has 3 N–H and O–H groups in total. The molecule has 0 aromatic heterocycles. The van der Waals surface area contributed by atoms with Crippen LogP contribution in [0.1, 0.15) is 45.1 Å². The maximum atomic E-state index is 9.78. The average molecular weight is 435 g/mol. The van der Waals surface area contributed by atoms with Gasteiger partial charge < -0.3 is 20.5 Å². The fourth-order valence-corrected chi connectivity index (χ4v) is 2.10. The minimum atomic E-state index is 0. The zero-order valence-corrected chi connectivity index (χ0v) is 16.7. The van der Waals surface area contributed by atoms with Crippen molar-refractivity contribution >= 4 is 29.9 Å². The first-order chi connectivity index (χ1) is 10.7. The highest BCUT2D eigenvalue weighted by atomic mass is 127. The Morgan fingerprint density at radius 3 is 2.57 bits per heavy atom. The number of rotatable bonds is 9. The molecule has 0 saturated carbocycles. The van der Waals surface area contributed by atoms with E-state index in [0.717, 1.165) is 31.0 Å². The summed E-state index contributed by atoms with van der Waals surface area (Å²) in [5.74, 6) is 1.44. The van der Waals surface area contributed by atoms with E-state index in [9.17, 15) is 5.11 Å². The van der Waals surface area contributed by atoms with Crippen molar-refractivity contribution in [3.05, 3.63) is 23.8 Å². The molecule has 0 aliphatic rings. The minimum absolute atomic E-state index is 0. The number of unbranched alkanes of at least 4 members (excludes halogenated alkanes) is 3. The van der Waals surface area contributed by atoms with Crippen LogP contribution in [-0.4, -0.2) is 31.3 Å². The molecule has 0 radical (unpaired) electrons. The molecule has 6 heteroatoms. The minimum Gasteiger partial charge on any atom is -0.504 e. The fourth-order valence-electron chi connectivity index (χ4n) is 2.10. The number of methoxy groups -OCH3 is 1. The molecule has 0 unspecified atom stereocenters. The second-order valence-electron chi connectivity index (χ2n) is 5.19. The molecule has 0 amide bonds. The van der Waals surface area contributed by atoms with E-state index >= 15 is 0 Å². The van der Waals surface area contributed by atoms with Gasteiger partial charge in [-0.3, -0.25) is 0 Å². The summed E-state index contributed by atoms with van der Waals surface area (Å²) in [6.45, 7) is 6.53. The number of phenolic OH excluding ortho intramolecular Hbond substituents is 1. The third-order valence-electron chi connectivity index (χ3n) is 3.33. The van der Waals surface area contributed by atoms with Gasteiger partial charge in [0.15, 0.2) is 17.5 Å². The summed E-state index contributed by atoms with van der Waals surface area (Å²) in [5, 5.41) is 16.4. The first kappa shape index (κ1) is 21.8. The summed E-state index contributed by atoms with van der Waals surface area (Å²) in [6, 6.07) is 5.35. The molecule has 23 heavy (non-hydrogen) atoms. The quantitative estimate of drug-likeness (QED) is 0.240. The molecular formula is C17H30IN3O2. The van der Waals surface area contributed by atoms with Crippen molar-refractivity contribution in [1.82, 2.24) is 10.6 Å². The molecule has 0 saturated heterocycles. The second-order valence-corrected chi connectivity index (χ2v) is 5.19. The highest BCUT2D eigenvalue weighted by Gasteiger charge is 2.03. The highest BCUT2D eigenvalue weighted by molar-refractivity contribution is 14.0. The van der Waals surface area contributed by atoms with Crippen molar-refractivity contribution in [2.24, 2.45) is 4.99 Å². The fraction of sp³-hybridized carbons (Fsp3) is 0.588. The normalized spacial score (nSPS) is 10.8. The van der Waals surface area contributed by atoms with Crippen LogP contribution in [0.5, 0.6) is 11.5 Å². The van der Waals surface area contributed by atoms with Crippen LogP contribution in [0.25, 0.3) is 0 Å². The number of nitrogens with zero attached hydrogens (tertiary/aromatic N) is 1. The van der Waals surface area contributed by atoms with Crippen molar-refractivity contribution in [3.63, 3.8) is 0 Å². The molecule has 0 fully saturated rings. The number of hydrogen-bond donors (Lipinski definition) is 3. The molecule has 0 atom stereocenters. The molecule has 0 aliphatic carbocycles. The Morgan fingerprint density at radius 2 is 1.96 bits per heavy atom. The number of aliphatic imine (C=N–C) groups is 1. The monoisotopic (exact) mass is 435 g/mol. The molecule has 132 valence electrons. The number of nitrogens with one attached hydrogen (secondary N) is 2. The highest BCUT2D eigenvalue weighted by Crippen LogP contribution is 2.26. The van der Waals surface area contributed by atoms with Crippen molar-refractivity contribution in [2.75, 3.05) is 20.2 Å². The van der Waals surface area contributed by atoms with Crippen LogP contribution < -0.4 is 15.4 Å². The lowest BCUT2D eigenvalue weighted by atomic mass is 10.2. The van der Waals surface area contributed by atoms with Gasteiger partial charge in [0.1, 0.15) is 0 Å². The Kier molecular flexibility index (Phi) is 12.6. The van der Waals surface area contributed by atoms with Crippen LogP contribution >= 0.6 is 24.0 Å². The van der Waals surface area contributed by atoms with Gasteiger partial charge in [-0.05, 0) is 31.0 Å². The third-order valence-corrected chi connectivity index (χ3v) is 3.33. The van der Waals surface area contributed by atoms with E-state index < -0.39 is 0 Å². The van der Waals surface area contributed by atoms with Crippen LogP contribution in [-0.2, 0) is 6.54 Å². The summed E-state index contributed by atoms with van der Waals surface area (Å²) in [5.41, 5.74) is 0.946. The molecule has 1 rings (SSSR count). The van der Waals surface area contributed by atoms with Crippen molar-refractivity contribution in [2.45, 2.75) is 46.1 Å². The molecule has 0 bridgehead atoms. The number of halogens is 1. The smallest absolute Gasteiger partial charge is 0.191 e. The second kappa shape index (κ2) is 13.3. The van der Waals surface area contributed by atoms with Crippen LogP contribution in [0.3, 0.4) is 0 Å². The summed E-state index contributed by atoms with van der Waals surface area (Å²) < 4.78 is 5.04. The number of aromatic hydroxyl groups is 1. The van der Waals surface area contributed by atoms with Crippen molar-refractivity contribution in [1.29, 1.82) is 0 Å². The summed E-state index contributed by atoms with van der Waals surface area (Å²) >= 11 is 0. The molecule has 1 aromatic rings. The molecule has 0 heterocycles. The van der Waals surface area contributed by atoms with Gasteiger partial charge in [-0.1, -0.05) is 32.3 Å². The van der Waals surface area contributed by atoms with Gasteiger partial charge in [-0.2, -0.15) is 0 Å². The maximum absolute atomic E-state index is 9.78. The lowest BCUT2D eigenvalue weighted by Crippen LogP contribution is -2.37. The summed E-state index contributed by atoms with van der Waals surface area (Å²) in [7, 11) is 1.54. The Hall–Kier alpha value is -1.18. The third kappa shape index (κ3) is 8.88. The summed E-state index contributed by atoms with van der Waals surface area (Å²) in [6.07, 6.45) is 4.92. The maximum Gasteiger partial charge on any atom is 0.191 e. The van der Waals surface area contributed by atoms with E-state index in [-0.39, 0.29) is 29.7 Å². The van der Waals surface area contributed by atoms with E-state index in [1.54, 1.807) is 19.2 Å². The standard InChI is InChI=1S/C17H29N3O2.HI/c1-4-6-7-8-11-19-17(18-5-2)20-13-14-9-10-16(22-3)15(21)12-14;/h9-10,12,21H,4-8,11,13H2,1-3H3,(H2,18,19,20);1H. The molecular weight excluding hydrogens is 405 g/mol. The Bertz CT molecular complexity index is 467. The van der Waals surface area contributed by atoms with Gasteiger partial charge in [0.2, 0.25) is 0 Å². The Labute approximate surface area is 156 Å². The molecule has 0 spiro atoms. The van der Waals surface area contributed by atoms with Gasteiger partial charge in [-0.25, -0.2) is 4.99 Å². The number of guanidine groups is 1. The largest absolute Gasteiger partial charge is 0.504 e. The van der Waals surface area contributed by atoms with Gasteiger partial charge in [0.05, 0.1) is 13.7 Å². The topological polar surface area (TPSA) is 65.9 Å². The first-order valence-electron chi connectivity index (χ1n) is 8.09. The molecule has 0 aliphatic heterocycles. The van der Waals surface area contributed by atoms with Crippen molar-refractivity contribution in [3.8, 4) is 11.5 Å². The lowest BCUT2D eigenvalue weighted by Gasteiger charge is -2.11. The lowest BCUT2D eigenvalue weighted by molar-refractivity contribution is 0.373. The number of ether oxygens (including phenoxy) is 1. The zero-order chi connectivity index (χ0) is 16.2.